The topological polar surface area (TPSA) is 41.1 Å². The molecular weight excluding hydrogens is 260 g/mol. The number of hydrogen-bond acceptors (Lipinski definition) is 2. The lowest BCUT2D eigenvalue weighted by Gasteiger charge is -2.36. The average Bonchev–Trinajstić information content (AvgIpc) is 2.53. The fraction of sp³-hybridized carbons (Fsp3) is 0.944. The summed E-state index contributed by atoms with van der Waals surface area (Å²) in [5.41, 5.74) is -0.242. The lowest BCUT2D eigenvalue weighted by Crippen LogP contribution is -2.48. The molecule has 0 radical (unpaired) electrons. The molecule has 1 aliphatic carbocycles. The van der Waals surface area contributed by atoms with Crippen molar-refractivity contribution in [2.45, 2.75) is 65.7 Å². The first-order valence-corrected chi connectivity index (χ1v) is 9.03. The monoisotopic (exact) mass is 294 g/mol. The molecule has 2 N–H and O–H groups in total. The Balaban J connectivity index is 1.75. The molecule has 1 amide bonds. The molecule has 1 unspecified atom stereocenters. The van der Waals surface area contributed by atoms with E-state index in [2.05, 4.69) is 31.4 Å². The predicted molar refractivity (Wildman–Crippen MR) is 88.1 cm³/mol. The highest BCUT2D eigenvalue weighted by Crippen LogP contribution is 2.33. The highest BCUT2D eigenvalue weighted by atomic mass is 16.2. The Hall–Kier alpha value is -0.570. The van der Waals surface area contributed by atoms with E-state index >= 15 is 0 Å². The van der Waals surface area contributed by atoms with E-state index in [-0.39, 0.29) is 11.3 Å². The van der Waals surface area contributed by atoms with Crippen molar-refractivity contribution in [3.05, 3.63) is 0 Å². The van der Waals surface area contributed by atoms with Crippen molar-refractivity contribution in [2.24, 2.45) is 23.2 Å². The Morgan fingerprint density at radius 1 is 1.14 bits per heavy atom. The highest BCUT2D eigenvalue weighted by Gasteiger charge is 2.37. The molecule has 3 heteroatoms. The molecule has 0 aromatic rings. The summed E-state index contributed by atoms with van der Waals surface area (Å²) < 4.78 is 0. The molecule has 1 atom stereocenters. The number of hydrogen-bond donors (Lipinski definition) is 2. The van der Waals surface area contributed by atoms with E-state index < -0.39 is 0 Å². The Kier molecular flexibility index (Phi) is 6.09. The second kappa shape index (κ2) is 7.62. The van der Waals surface area contributed by atoms with Gasteiger partial charge in [-0.1, -0.05) is 40.0 Å². The molecular formula is C18H34N2O. The van der Waals surface area contributed by atoms with Crippen molar-refractivity contribution < 1.29 is 4.79 Å². The van der Waals surface area contributed by atoms with E-state index in [1.54, 1.807) is 0 Å². The Morgan fingerprint density at radius 2 is 1.81 bits per heavy atom. The van der Waals surface area contributed by atoms with Gasteiger partial charge in [0.2, 0.25) is 5.91 Å². The Labute approximate surface area is 130 Å². The van der Waals surface area contributed by atoms with Crippen molar-refractivity contribution in [3.63, 3.8) is 0 Å². The quantitative estimate of drug-likeness (QED) is 0.816. The van der Waals surface area contributed by atoms with E-state index in [0.29, 0.717) is 11.8 Å². The molecule has 1 saturated carbocycles. The second-order valence-electron chi connectivity index (χ2n) is 7.77. The van der Waals surface area contributed by atoms with Crippen molar-refractivity contribution in [3.8, 4) is 0 Å². The fourth-order valence-electron chi connectivity index (χ4n) is 3.96. The van der Waals surface area contributed by atoms with Crippen LogP contribution < -0.4 is 10.6 Å². The van der Waals surface area contributed by atoms with Crippen LogP contribution >= 0.6 is 0 Å². The van der Waals surface area contributed by atoms with Gasteiger partial charge in [0, 0.05) is 12.0 Å². The van der Waals surface area contributed by atoms with Crippen LogP contribution in [-0.2, 0) is 4.79 Å². The van der Waals surface area contributed by atoms with Gasteiger partial charge in [0.25, 0.3) is 0 Å². The maximum absolute atomic E-state index is 12.6. The van der Waals surface area contributed by atoms with E-state index in [9.17, 15) is 4.79 Å². The van der Waals surface area contributed by atoms with Gasteiger partial charge in [-0.3, -0.25) is 4.79 Å². The molecule has 21 heavy (non-hydrogen) atoms. The SMILES string of the molecule is CCC1CCC(CNC(=O)C(C)(C)C2CCCNC2)CC1. The lowest BCUT2D eigenvalue weighted by atomic mass is 9.74. The Morgan fingerprint density at radius 3 is 2.38 bits per heavy atom. The number of carbonyl (C=O) groups is 1. The summed E-state index contributed by atoms with van der Waals surface area (Å²) >= 11 is 0. The van der Waals surface area contributed by atoms with Crippen LogP contribution in [0.15, 0.2) is 0 Å². The number of rotatable bonds is 5. The van der Waals surface area contributed by atoms with E-state index in [1.807, 2.05) is 0 Å². The molecule has 2 aliphatic rings. The average molecular weight is 294 g/mol. The van der Waals surface area contributed by atoms with E-state index in [1.165, 1.54) is 44.9 Å². The van der Waals surface area contributed by atoms with Crippen molar-refractivity contribution in [1.82, 2.24) is 10.6 Å². The van der Waals surface area contributed by atoms with Crippen LogP contribution in [0.25, 0.3) is 0 Å². The largest absolute Gasteiger partial charge is 0.355 e. The summed E-state index contributed by atoms with van der Waals surface area (Å²) in [5.74, 6) is 2.37. The van der Waals surface area contributed by atoms with Crippen LogP contribution in [0, 0.1) is 23.2 Å². The summed E-state index contributed by atoms with van der Waals surface area (Å²) in [6.07, 6.45) is 8.99. The van der Waals surface area contributed by atoms with Crippen LogP contribution in [0.2, 0.25) is 0 Å². The molecule has 122 valence electrons. The third kappa shape index (κ3) is 4.45. The second-order valence-corrected chi connectivity index (χ2v) is 7.77. The van der Waals surface area contributed by atoms with Gasteiger partial charge in [0.1, 0.15) is 0 Å². The smallest absolute Gasteiger partial charge is 0.225 e. The molecule has 0 spiro atoms. The molecule has 1 aliphatic heterocycles. The van der Waals surface area contributed by atoms with Gasteiger partial charge in [0.05, 0.1) is 0 Å². The maximum Gasteiger partial charge on any atom is 0.225 e. The van der Waals surface area contributed by atoms with Crippen LogP contribution in [0.3, 0.4) is 0 Å². The lowest BCUT2D eigenvalue weighted by molar-refractivity contribution is -0.132. The van der Waals surface area contributed by atoms with Crippen LogP contribution in [-0.4, -0.2) is 25.5 Å². The number of carbonyl (C=O) groups excluding carboxylic acids is 1. The molecule has 2 rings (SSSR count). The van der Waals surface area contributed by atoms with Crippen LogP contribution in [0.1, 0.15) is 65.7 Å². The van der Waals surface area contributed by atoms with Gasteiger partial charge in [-0.05, 0) is 56.5 Å². The minimum atomic E-state index is -0.242. The third-order valence-electron chi connectivity index (χ3n) is 6.00. The van der Waals surface area contributed by atoms with Gasteiger partial charge in [-0.15, -0.1) is 0 Å². The minimum Gasteiger partial charge on any atom is -0.355 e. The summed E-state index contributed by atoms with van der Waals surface area (Å²) in [7, 11) is 0. The zero-order valence-corrected chi connectivity index (χ0v) is 14.2. The van der Waals surface area contributed by atoms with Gasteiger partial charge in [0.15, 0.2) is 0 Å². The first-order valence-electron chi connectivity index (χ1n) is 9.03. The zero-order valence-electron chi connectivity index (χ0n) is 14.2. The van der Waals surface area contributed by atoms with Crippen LogP contribution in [0.4, 0.5) is 0 Å². The summed E-state index contributed by atoms with van der Waals surface area (Å²) in [4.78, 5) is 12.6. The first kappa shape index (κ1) is 16.8. The molecule has 0 aromatic carbocycles. The number of piperidine rings is 1. The summed E-state index contributed by atoms with van der Waals surface area (Å²) in [6.45, 7) is 9.52. The Bertz CT molecular complexity index is 326. The molecule has 1 saturated heterocycles. The molecule has 0 bridgehead atoms. The molecule has 0 aromatic heterocycles. The zero-order chi connectivity index (χ0) is 15.3. The summed E-state index contributed by atoms with van der Waals surface area (Å²) in [5, 5.41) is 6.69. The van der Waals surface area contributed by atoms with Gasteiger partial charge in [-0.2, -0.15) is 0 Å². The fourth-order valence-corrected chi connectivity index (χ4v) is 3.96. The highest BCUT2D eigenvalue weighted by molar-refractivity contribution is 5.82. The standard InChI is InChI=1S/C18H34N2O/c1-4-14-7-9-15(10-8-14)12-20-17(21)18(2,3)16-6-5-11-19-13-16/h14-16,19H,4-13H2,1-3H3,(H,20,21). The van der Waals surface area contributed by atoms with Gasteiger partial charge >= 0.3 is 0 Å². The first-order chi connectivity index (χ1) is 10.0. The summed E-state index contributed by atoms with van der Waals surface area (Å²) in [6, 6.07) is 0. The molecule has 1 heterocycles. The number of nitrogens with one attached hydrogen (secondary N) is 2. The van der Waals surface area contributed by atoms with Crippen LogP contribution in [0.5, 0.6) is 0 Å². The van der Waals surface area contributed by atoms with Gasteiger partial charge in [-0.25, -0.2) is 0 Å². The predicted octanol–water partition coefficient (Wildman–Crippen LogP) is 3.34. The maximum atomic E-state index is 12.6. The third-order valence-corrected chi connectivity index (χ3v) is 6.00. The number of amides is 1. The molecule has 3 nitrogen and oxygen atoms in total. The van der Waals surface area contributed by atoms with Crippen molar-refractivity contribution in [1.29, 1.82) is 0 Å². The normalized spacial score (nSPS) is 30.9. The van der Waals surface area contributed by atoms with E-state index in [4.69, 9.17) is 0 Å². The van der Waals surface area contributed by atoms with Gasteiger partial charge < -0.3 is 10.6 Å². The van der Waals surface area contributed by atoms with Crippen molar-refractivity contribution >= 4 is 5.91 Å². The minimum absolute atomic E-state index is 0.242. The molecule has 2 fully saturated rings. The van der Waals surface area contributed by atoms with Crippen molar-refractivity contribution in [2.75, 3.05) is 19.6 Å². The van der Waals surface area contributed by atoms with E-state index in [0.717, 1.165) is 25.6 Å².